The molecule has 0 radical (unpaired) electrons. The van der Waals surface area contributed by atoms with Crippen molar-refractivity contribution in [3.8, 4) is 5.75 Å². The van der Waals surface area contributed by atoms with Gasteiger partial charge >= 0.3 is 21.6 Å². The van der Waals surface area contributed by atoms with Crippen LogP contribution in [0.25, 0.3) is 0 Å². The zero-order valence-electron chi connectivity index (χ0n) is 11.5. The van der Waals surface area contributed by atoms with Crippen molar-refractivity contribution in [2.45, 2.75) is 30.7 Å². The number of ether oxygens (including phenoxy) is 1. The summed E-state index contributed by atoms with van der Waals surface area (Å²) in [7, 11) is -4.49. The minimum Gasteiger partial charge on any atom is -0.469 e. The average Bonchev–Trinajstić information content (AvgIpc) is 3.23. The molecule has 122 valence electrons. The average molecular weight is 338 g/mol. The van der Waals surface area contributed by atoms with Gasteiger partial charge < -0.3 is 8.92 Å². The number of esters is 1. The summed E-state index contributed by atoms with van der Waals surface area (Å²) in [6.45, 7) is 0. The summed E-state index contributed by atoms with van der Waals surface area (Å²) >= 11 is 0. The minimum absolute atomic E-state index is 0.0531. The van der Waals surface area contributed by atoms with Crippen molar-refractivity contribution in [2.24, 2.45) is 0 Å². The number of alkyl halides is 3. The molecule has 1 fully saturated rings. The van der Waals surface area contributed by atoms with E-state index in [1.54, 1.807) is 0 Å². The molecule has 1 aliphatic rings. The summed E-state index contributed by atoms with van der Waals surface area (Å²) in [6.07, 6.45) is 1.40. The maximum atomic E-state index is 12.4. The molecule has 0 spiro atoms. The second kappa shape index (κ2) is 5.79. The minimum atomic E-state index is -5.71. The van der Waals surface area contributed by atoms with Gasteiger partial charge in [-0.3, -0.25) is 4.79 Å². The second-order valence-electron chi connectivity index (χ2n) is 4.88. The first-order valence-corrected chi connectivity index (χ1v) is 7.75. The Morgan fingerprint density at radius 3 is 2.45 bits per heavy atom. The van der Waals surface area contributed by atoms with E-state index in [1.807, 2.05) is 0 Å². The number of carbonyl (C=O) groups excluding carboxylic acids is 1. The third-order valence-electron chi connectivity index (χ3n) is 3.15. The summed E-state index contributed by atoms with van der Waals surface area (Å²) < 4.78 is 68.1. The van der Waals surface area contributed by atoms with Crippen LogP contribution >= 0.6 is 0 Å². The maximum Gasteiger partial charge on any atom is 0.534 e. The molecule has 0 aromatic heterocycles. The second-order valence-corrected chi connectivity index (χ2v) is 6.42. The van der Waals surface area contributed by atoms with E-state index in [-0.39, 0.29) is 18.1 Å². The smallest absolute Gasteiger partial charge is 0.469 e. The van der Waals surface area contributed by atoms with E-state index in [0.29, 0.717) is 11.1 Å². The zero-order valence-corrected chi connectivity index (χ0v) is 12.3. The van der Waals surface area contributed by atoms with Crippen LogP contribution in [-0.4, -0.2) is 27.0 Å². The highest BCUT2D eigenvalue weighted by Crippen LogP contribution is 2.45. The Kier molecular flexibility index (Phi) is 4.37. The summed E-state index contributed by atoms with van der Waals surface area (Å²) in [5.41, 5.74) is -4.61. The lowest BCUT2D eigenvalue weighted by atomic mass is 10.0. The molecule has 1 aliphatic carbocycles. The molecule has 5 nitrogen and oxygen atoms in total. The first kappa shape index (κ1) is 16.6. The fourth-order valence-corrected chi connectivity index (χ4v) is 2.38. The van der Waals surface area contributed by atoms with Crippen LogP contribution in [0.1, 0.15) is 29.9 Å². The number of hydrogen-bond donors (Lipinski definition) is 0. The number of hydrogen-bond acceptors (Lipinski definition) is 5. The van der Waals surface area contributed by atoms with Crippen LogP contribution < -0.4 is 4.18 Å². The molecule has 9 heteroatoms. The van der Waals surface area contributed by atoms with Gasteiger partial charge in [-0.05, 0) is 36.0 Å². The number of rotatable bonds is 5. The Morgan fingerprint density at radius 1 is 1.32 bits per heavy atom. The van der Waals surface area contributed by atoms with Gasteiger partial charge in [-0.1, -0.05) is 12.1 Å². The summed E-state index contributed by atoms with van der Waals surface area (Å²) in [6, 6.07) is 3.95. The molecule has 0 saturated heterocycles. The molecule has 0 bridgehead atoms. The molecule has 0 unspecified atom stereocenters. The Morgan fingerprint density at radius 2 is 1.95 bits per heavy atom. The van der Waals surface area contributed by atoms with Crippen LogP contribution in [0.2, 0.25) is 0 Å². The topological polar surface area (TPSA) is 69.7 Å². The molecule has 1 aromatic rings. The molecule has 2 rings (SSSR count). The SMILES string of the molecule is COC(=O)Cc1ccc(OS(=O)(=O)C(F)(F)F)c(C2CC2)c1. The fourth-order valence-electron chi connectivity index (χ4n) is 1.90. The zero-order chi connectivity index (χ0) is 16.5. The van der Waals surface area contributed by atoms with E-state index in [1.165, 1.54) is 19.2 Å². The Labute approximate surface area is 125 Å². The van der Waals surface area contributed by atoms with Crippen LogP contribution in [0.3, 0.4) is 0 Å². The lowest BCUT2D eigenvalue weighted by Crippen LogP contribution is -2.28. The molecular formula is C13H13F3O5S. The highest BCUT2D eigenvalue weighted by Gasteiger charge is 2.49. The van der Waals surface area contributed by atoms with Crippen molar-refractivity contribution in [1.82, 2.24) is 0 Å². The van der Waals surface area contributed by atoms with Crippen LogP contribution in [0.5, 0.6) is 5.75 Å². The van der Waals surface area contributed by atoms with E-state index in [4.69, 9.17) is 0 Å². The molecular weight excluding hydrogens is 325 g/mol. The molecule has 0 amide bonds. The molecule has 0 heterocycles. The van der Waals surface area contributed by atoms with Gasteiger partial charge in [0.1, 0.15) is 5.75 Å². The lowest BCUT2D eigenvalue weighted by Gasteiger charge is -2.13. The maximum absolute atomic E-state index is 12.4. The molecule has 1 aromatic carbocycles. The van der Waals surface area contributed by atoms with Gasteiger partial charge in [-0.2, -0.15) is 21.6 Å². The molecule has 0 N–H and O–H groups in total. The summed E-state index contributed by atoms with van der Waals surface area (Å²) in [5.74, 6) is -0.914. The van der Waals surface area contributed by atoms with Gasteiger partial charge in [0.25, 0.3) is 0 Å². The van der Waals surface area contributed by atoms with Crippen molar-refractivity contribution in [2.75, 3.05) is 7.11 Å². The molecule has 1 saturated carbocycles. The summed E-state index contributed by atoms with van der Waals surface area (Å²) in [5, 5.41) is 0. The third-order valence-corrected chi connectivity index (χ3v) is 4.12. The molecule has 0 atom stereocenters. The van der Waals surface area contributed by atoms with Gasteiger partial charge in [0.05, 0.1) is 13.5 Å². The Balaban J connectivity index is 2.31. The fraction of sp³-hybridized carbons (Fsp3) is 0.462. The highest BCUT2D eigenvalue weighted by atomic mass is 32.2. The van der Waals surface area contributed by atoms with Crippen molar-refractivity contribution in [3.63, 3.8) is 0 Å². The van der Waals surface area contributed by atoms with Crippen LogP contribution in [0.15, 0.2) is 18.2 Å². The Hall–Kier alpha value is -1.77. The van der Waals surface area contributed by atoms with E-state index < -0.39 is 21.6 Å². The standard InChI is InChI=1S/C13H13F3O5S/c1-20-12(17)7-8-2-5-11(10(6-8)9-3-4-9)21-22(18,19)13(14,15)16/h2,5-6,9H,3-4,7H2,1H3. The molecule has 0 aliphatic heterocycles. The van der Waals surface area contributed by atoms with E-state index in [2.05, 4.69) is 8.92 Å². The van der Waals surface area contributed by atoms with Crippen LogP contribution in [0, 0.1) is 0 Å². The van der Waals surface area contributed by atoms with Crippen LogP contribution in [0.4, 0.5) is 13.2 Å². The van der Waals surface area contributed by atoms with Gasteiger partial charge in [0.2, 0.25) is 0 Å². The van der Waals surface area contributed by atoms with E-state index in [9.17, 15) is 26.4 Å². The lowest BCUT2D eigenvalue weighted by molar-refractivity contribution is -0.139. The predicted octanol–water partition coefficient (Wildman–Crippen LogP) is 2.51. The normalized spacial score (nSPS) is 15.5. The number of carbonyl (C=O) groups is 1. The number of methoxy groups -OCH3 is 1. The summed E-state index contributed by atoms with van der Waals surface area (Å²) in [4.78, 5) is 11.2. The third kappa shape index (κ3) is 3.70. The van der Waals surface area contributed by atoms with Gasteiger partial charge in [0.15, 0.2) is 0 Å². The van der Waals surface area contributed by atoms with Crippen molar-refractivity contribution >= 4 is 16.1 Å². The van der Waals surface area contributed by atoms with Gasteiger partial charge in [-0.15, -0.1) is 0 Å². The predicted molar refractivity (Wildman–Crippen MR) is 69.7 cm³/mol. The molecule has 22 heavy (non-hydrogen) atoms. The highest BCUT2D eigenvalue weighted by molar-refractivity contribution is 7.88. The number of halogens is 3. The van der Waals surface area contributed by atoms with Crippen molar-refractivity contribution in [3.05, 3.63) is 29.3 Å². The monoisotopic (exact) mass is 338 g/mol. The first-order valence-electron chi connectivity index (χ1n) is 6.34. The van der Waals surface area contributed by atoms with Crippen molar-refractivity contribution < 1.29 is 35.3 Å². The van der Waals surface area contributed by atoms with E-state index >= 15 is 0 Å². The number of benzene rings is 1. The van der Waals surface area contributed by atoms with Gasteiger partial charge in [-0.25, -0.2) is 0 Å². The quantitative estimate of drug-likeness (QED) is 0.469. The van der Waals surface area contributed by atoms with Crippen LogP contribution in [-0.2, 0) is 26.1 Å². The van der Waals surface area contributed by atoms with Crippen molar-refractivity contribution in [1.29, 1.82) is 0 Å². The Bertz CT molecular complexity index is 677. The largest absolute Gasteiger partial charge is 0.534 e. The first-order chi connectivity index (χ1) is 10.1. The van der Waals surface area contributed by atoms with Gasteiger partial charge in [0, 0.05) is 0 Å². The van der Waals surface area contributed by atoms with E-state index in [0.717, 1.165) is 18.9 Å².